The van der Waals surface area contributed by atoms with Crippen molar-refractivity contribution in [1.29, 1.82) is 0 Å². The van der Waals surface area contributed by atoms with Crippen molar-refractivity contribution in [2.45, 2.75) is 31.6 Å². The molecule has 0 bridgehead atoms. The SMILES string of the molecule is CCc1ccc(C2CC(c3cc(OCCOC)n[nH]3)CN(C(=O)N3CCS(=O)(=O)CC3)C2)cc1. The first-order chi connectivity index (χ1) is 16.4. The molecule has 2 fully saturated rings. The number of benzene rings is 1. The summed E-state index contributed by atoms with van der Waals surface area (Å²) in [6.07, 6.45) is 1.86. The highest BCUT2D eigenvalue weighted by Crippen LogP contribution is 2.36. The van der Waals surface area contributed by atoms with Gasteiger partial charge in [0.1, 0.15) is 6.61 Å². The molecule has 2 aliphatic rings. The molecule has 186 valence electrons. The van der Waals surface area contributed by atoms with Crippen molar-refractivity contribution in [3.8, 4) is 5.88 Å². The van der Waals surface area contributed by atoms with Crippen LogP contribution >= 0.6 is 0 Å². The van der Waals surface area contributed by atoms with Gasteiger partial charge in [-0.15, -0.1) is 5.10 Å². The molecule has 34 heavy (non-hydrogen) atoms. The number of aromatic nitrogens is 2. The number of rotatable bonds is 7. The average Bonchev–Trinajstić information content (AvgIpc) is 3.33. The summed E-state index contributed by atoms with van der Waals surface area (Å²) in [5.41, 5.74) is 3.42. The normalized spacial score (nSPS) is 22.5. The maximum Gasteiger partial charge on any atom is 0.320 e. The van der Waals surface area contributed by atoms with E-state index in [1.165, 1.54) is 11.1 Å². The van der Waals surface area contributed by atoms with E-state index in [0.29, 0.717) is 32.2 Å². The predicted octanol–water partition coefficient (Wildman–Crippen LogP) is 2.42. The summed E-state index contributed by atoms with van der Waals surface area (Å²) in [5.74, 6) is 0.805. The number of ether oxygens (including phenoxy) is 2. The quantitative estimate of drug-likeness (QED) is 0.598. The van der Waals surface area contributed by atoms with Crippen molar-refractivity contribution in [2.75, 3.05) is 58.0 Å². The lowest BCUT2D eigenvalue weighted by atomic mass is 9.83. The van der Waals surface area contributed by atoms with Gasteiger partial charge in [-0.3, -0.25) is 5.10 Å². The molecule has 2 saturated heterocycles. The molecule has 0 saturated carbocycles. The van der Waals surface area contributed by atoms with Gasteiger partial charge in [0.2, 0.25) is 5.88 Å². The third-order valence-electron chi connectivity index (χ3n) is 6.75. The molecular formula is C24H34N4O5S. The standard InChI is InChI=1S/C24H34N4O5S/c1-3-18-4-6-19(7-5-18)20-14-21(22-15-23(26-25-22)33-11-10-32-2)17-28(16-20)24(29)27-8-12-34(30,31)13-9-27/h4-7,15,20-21H,3,8-14,16-17H2,1-2H3,(H,25,26). The molecule has 4 rings (SSSR count). The number of H-pyrrole nitrogens is 1. The minimum atomic E-state index is -3.05. The fourth-order valence-corrected chi connectivity index (χ4v) is 5.88. The number of hydrogen-bond donors (Lipinski definition) is 1. The topological polar surface area (TPSA) is 105 Å². The number of likely N-dealkylation sites (tertiary alicyclic amines) is 1. The third kappa shape index (κ3) is 5.90. The van der Waals surface area contributed by atoms with Gasteiger partial charge in [-0.2, -0.15) is 0 Å². The summed E-state index contributed by atoms with van der Waals surface area (Å²) >= 11 is 0. The Bertz CT molecular complexity index is 1060. The number of aryl methyl sites for hydroxylation is 1. The van der Waals surface area contributed by atoms with Gasteiger partial charge >= 0.3 is 6.03 Å². The van der Waals surface area contributed by atoms with Crippen molar-refractivity contribution < 1.29 is 22.7 Å². The number of aromatic amines is 1. The number of nitrogens with one attached hydrogen (secondary N) is 1. The second kappa shape index (κ2) is 10.8. The molecule has 1 aromatic carbocycles. The average molecular weight is 491 g/mol. The first-order valence-electron chi connectivity index (χ1n) is 11.9. The fourth-order valence-electron chi connectivity index (χ4n) is 4.68. The Morgan fingerprint density at radius 2 is 1.79 bits per heavy atom. The number of sulfone groups is 1. The molecule has 0 aliphatic carbocycles. The van der Waals surface area contributed by atoms with Gasteiger partial charge in [0.25, 0.3) is 0 Å². The van der Waals surface area contributed by atoms with Crippen LogP contribution < -0.4 is 4.74 Å². The minimum absolute atomic E-state index is 0.0284. The van der Waals surface area contributed by atoms with Crippen molar-refractivity contribution in [1.82, 2.24) is 20.0 Å². The molecule has 2 atom stereocenters. The molecule has 10 heteroatoms. The van der Waals surface area contributed by atoms with E-state index in [4.69, 9.17) is 9.47 Å². The molecule has 3 heterocycles. The molecule has 2 unspecified atom stereocenters. The Labute approximate surface area is 201 Å². The van der Waals surface area contributed by atoms with Gasteiger partial charge in [0.15, 0.2) is 9.84 Å². The largest absolute Gasteiger partial charge is 0.474 e. The van der Waals surface area contributed by atoms with E-state index in [1.807, 2.05) is 11.0 Å². The van der Waals surface area contributed by atoms with Crippen LogP contribution in [-0.4, -0.2) is 92.5 Å². The van der Waals surface area contributed by atoms with Crippen molar-refractivity contribution in [3.05, 3.63) is 47.2 Å². The molecule has 9 nitrogen and oxygen atoms in total. The second-order valence-corrected chi connectivity index (χ2v) is 11.4. The highest BCUT2D eigenvalue weighted by atomic mass is 32.2. The summed E-state index contributed by atoms with van der Waals surface area (Å²) < 4.78 is 34.3. The van der Waals surface area contributed by atoms with Crippen molar-refractivity contribution >= 4 is 15.9 Å². The molecule has 2 amide bonds. The number of piperidine rings is 1. The number of carbonyl (C=O) groups excluding carboxylic acids is 1. The predicted molar refractivity (Wildman–Crippen MR) is 129 cm³/mol. The number of carbonyl (C=O) groups is 1. The van der Waals surface area contributed by atoms with Gasteiger partial charge < -0.3 is 19.3 Å². The Hall–Kier alpha value is -2.59. The lowest BCUT2D eigenvalue weighted by Gasteiger charge is -2.40. The Morgan fingerprint density at radius 1 is 1.09 bits per heavy atom. The number of hydrogen-bond acceptors (Lipinski definition) is 6. The van der Waals surface area contributed by atoms with E-state index in [9.17, 15) is 13.2 Å². The zero-order valence-corrected chi connectivity index (χ0v) is 20.7. The molecule has 0 radical (unpaired) electrons. The van der Waals surface area contributed by atoms with Crippen LogP contribution in [-0.2, 0) is 21.0 Å². The third-order valence-corrected chi connectivity index (χ3v) is 8.36. The molecule has 1 aromatic heterocycles. The number of urea groups is 1. The first-order valence-corrected chi connectivity index (χ1v) is 13.7. The number of nitrogens with zero attached hydrogens (tertiary/aromatic N) is 3. The van der Waals surface area contributed by atoms with Gasteiger partial charge in [-0.25, -0.2) is 13.2 Å². The maximum atomic E-state index is 13.4. The highest BCUT2D eigenvalue weighted by Gasteiger charge is 2.36. The van der Waals surface area contributed by atoms with E-state index in [2.05, 4.69) is 41.4 Å². The van der Waals surface area contributed by atoms with Crippen LogP contribution in [0.5, 0.6) is 5.88 Å². The molecule has 2 aromatic rings. The Kier molecular flexibility index (Phi) is 7.77. The smallest absolute Gasteiger partial charge is 0.320 e. The summed E-state index contributed by atoms with van der Waals surface area (Å²) in [4.78, 5) is 16.9. The Morgan fingerprint density at radius 3 is 2.47 bits per heavy atom. The lowest BCUT2D eigenvalue weighted by molar-refractivity contribution is 0.135. The zero-order valence-electron chi connectivity index (χ0n) is 19.9. The summed E-state index contributed by atoms with van der Waals surface area (Å²) in [6.45, 7) is 4.69. The van der Waals surface area contributed by atoms with E-state index < -0.39 is 9.84 Å². The number of amides is 2. The van der Waals surface area contributed by atoms with Crippen LogP contribution in [0, 0.1) is 0 Å². The Balaban J connectivity index is 1.53. The van der Waals surface area contributed by atoms with Gasteiger partial charge in [0.05, 0.1) is 18.1 Å². The molecular weight excluding hydrogens is 456 g/mol. The lowest BCUT2D eigenvalue weighted by Crippen LogP contribution is -2.53. The zero-order chi connectivity index (χ0) is 24.1. The van der Waals surface area contributed by atoms with Crippen LogP contribution in [0.3, 0.4) is 0 Å². The summed E-state index contributed by atoms with van der Waals surface area (Å²) in [6, 6.07) is 10.4. The van der Waals surface area contributed by atoms with Gasteiger partial charge in [-0.05, 0) is 24.0 Å². The first kappa shape index (κ1) is 24.5. The maximum absolute atomic E-state index is 13.4. The van der Waals surface area contributed by atoms with Crippen LogP contribution in [0.2, 0.25) is 0 Å². The van der Waals surface area contributed by atoms with Crippen LogP contribution in [0.4, 0.5) is 4.79 Å². The van der Waals surface area contributed by atoms with Gasteiger partial charge in [0, 0.05) is 56.9 Å². The van der Waals surface area contributed by atoms with Crippen LogP contribution in [0.25, 0.3) is 0 Å². The number of methoxy groups -OCH3 is 1. The van der Waals surface area contributed by atoms with Crippen molar-refractivity contribution in [3.63, 3.8) is 0 Å². The second-order valence-electron chi connectivity index (χ2n) is 9.05. The van der Waals surface area contributed by atoms with Crippen molar-refractivity contribution in [2.24, 2.45) is 0 Å². The monoisotopic (exact) mass is 490 g/mol. The van der Waals surface area contributed by atoms with E-state index in [-0.39, 0.29) is 42.5 Å². The minimum Gasteiger partial charge on any atom is -0.474 e. The molecule has 1 N–H and O–H groups in total. The van der Waals surface area contributed by atoms with E-state index in [1.54, 1.807) is 12.0 Å². The summed E-state index contributed by atoms with van der Waals surface area (Å²) in [7, 11) is -1.43. The summed E-state index contributed by atoms with van der Waals surface area (Å²) in [5, 5.41) is 7.37. The van der Waals surface area contributed by atoms with E-state index >= 15 is 0 Å². The molecule has 0 spiro atoms. The van der Waals surface area contributed by atoms with E-state index in [0.717, 1.165) is 18.5 Å². The van der Waals surface area contributed by atoms with Crippen LogP contribution in [0.15, 0.2) is 30.3 Å². The van der Waals surface area contributed by atoms with Crippen LogP contribution in [0.1, 0.15) is 42.0 Å². The fraction of sp³-hybridized carbons (Fsp3) is 0.583. The molecule has 2 aliphatic heterocycles. The highest BCUT2D eigenvalue weighted by molar-refractivity contribution is 7.91. The van der Waals surface area contributed by atoms with Gasteiger partial charge in [-0.1, -0.05) is 31.2 Å².